The standard InChI is InChI=1S/C14H22N2O2S/c1-10-6-11(8-12(7-10)18-2)9-16-14(17)13(15)4-5-19-3/h6-8,13H,4-5,9,15H2,1-3H3,(H,16,17). The van der Waals surface area contributed by atoms with Gasteiger partial charge in [0.1, 0.15) is 5.75 Å². The van der Waals surface area contributed by atoms with Crippen LogP contribution in [0, 0.1) is 6.92 Å². The Morgan fingerprint density at radius 3 is 2.84 bits per heavy atom. The Balaban J connectivity index is 2.52. The van der Waals surface area contributed by atoms with Gasteiger partial charge in [0.2, 0.25) is 5.91 Å². The molecule has 1 rings (SSSR count). The molecule has 0 heterocycles. The highest BCUT2D eigenvalue weighted by molar-refractivity contribution is 7.98. The summed E-state index contributed by atoms with van der Waals surface area (Å²) >= 11 is 1.69. The molecule has 1 unspecified atom stereocenters. The highest BCUT2D eigenvalue weighted by Gasteiger charge is 2.12. The number of carbonyl (C=O) groups excluding carboxylic acids is 1. The second kappa shape index (κ2) is 8.07. The summed E-state index contributed by atoms with van der Waals surface area (Å²) in [5, 5.41) is 2.86. The number of hydrogen-bond acceptors (Lipinski definition) is 4. The Morgan fingerprint density at radius 2 is 2.21 bits per heavy atom. The molecular formula is C14H22N2O2S. The number of thioether (sulfide) groups is 1. The molecule has 5 heteroatoms. The van der Waals surface area contributed by atoms with Gasteiger partial charge < -0.3 is 15.8 Å². The summed E-state index contributed by atoms with van der Waals surface area (Å²) in [4.78, 5) is 11.8. The Bertz CT molecular complexity index is 424. The van der Waals surface area contributed by atoms with E-state index in [1.165, 1.54) is 0 Å². The molecule has 0 aliphatic heterocycles. The summed E-state index contributed by atoms with van der Waals surface area (Å²) in [6.07, 6.45) is 2.70. The van der Waals surface area contributed by atoms with Crippen LogP contribution in [0.5, 0.6) is 5.75 Å². The van der Waals surface area contributed by atoms with Crippen molar-refractivity contribution >= 4 is 17.7 Å². The molecule has 0 bridgehead atoms. The molecule has 4 nitrogen and oxygen atoms in total. The van der Waals surface area contributed by atoms with E-state index < -0.39 is 6.04 Å². The number of methoxy groups -OCH3 is 1. The lowest BCUT2D eigenvalue weighted by molar-refractivity contribution is -0.122. The maximum Gasteiger partial charge on any atom is 0.237 e. The summed E-state index contributed by atoms with van der Waals surface area (Å²) in [6, 6.07) is 5.46. The van der Waals surface area contributed by atoms with Gasteiger partial charge in [0.05, 0.1) is 13.2 Å². The van der Waals surface area contributed by atoms with E-state index in [1.807, 2.05) is 31.4 Å². The topological polar surface area (TPSA) is 64.3 Å². The molecule has 1 amide bonds. The van der Waals surface area contributed by atoms with Crippen molar-refractivity contribution in [3.05, 3.63) is 29.3 Å². The van der Waals surface area contributed by atoms with Gasteiger partial charge in [0.15, 0.2) is 0 Å². The van der Waals surface area contributed by atoms with Gasteiger partial charge in [-0.1, -0.05) is 6.07 Å². The summed E-state index contributed by atoms with van der Waals surface area (Å²) in [5.74, 6) is 1.60. The van der Waals surface area contributed by atoms with Crippen LogP contribution in [0.4, 0.5) is 0 Å². The van der Waals surface area contributed by atoms with Gasteiger partial charge in [0.25, 0.3) is 0 Å². The maximum absolute atomic E-state index is 11.8. The van der Waals surface area contributed by atoms with E-state index in [9.17, 15) is 4.79 Å². The van der Waals surface area contributed by atoms with Crippen molar-refractivity contribution in [2.75, 3.05) is 19.1 Å². The van der Waals surface area contributed by atoms with Gasteiger partial charge >= 0.3 is 0 Å². The summed E-state index contributed by atoms with van der Waals surface area (Å²) in [6.45, 7) is 2.47. The fourth-order valence-corrected chi connectivity index (χ4v) is 2.23. The molecule has 0 saturated carbocycles. The summed E-state index contributed by atoms with van der Waals surface area (Å²) < 4.78 is 5.20. The molecular weight excluding hydrogens is 260 g/mol. The second-order valence-electron chi connectivity index (χ2n) is 4.46. The maximum atomic E-state index is 11.8. The van der Waals surface area contributed by atoms with Gasteiger partial charge in [-0.15, -0.1) is 0 Å². The number of ether oxygens (including phenoxy) is 1. The minimum atomic E-state index is -0.431. The van der Waals surface area contributed by atoms with Gasteiger partial charge in [-0.3, -0.25) is 4.79 Å². The number of benzene rings is 1. The van der Waals surface area contributed by atoms with Gasteiger partial charge in [0, 0.05) is 6.54 Å². The highest BCUT2D eigenvalue weighted by Crippen LogP contribution is 2.16. The van der Waals surface area contributed by atoms with E-state index in [-0.39, 0.29) is 5.91 Å². The molecule has 0 saturated heterocycles. The predicted octanol–water partition coefficient (Wildman–Crippen LogP) is 1.70. The number of nitrogens with one attached hydrogen (secondary N) is 1. The molecule has 0 aromatic heterocycles. The van der Waals surface area contributed by atoms with Crippen LogP contribution in [-0.2, 0) is 11.3 Å². The van der Waals surface area contributed by atoms with E-state index in [0.717, 1.165) is 22.6 Å². The lowest BCUT2D eigenvalue weighted by Crippen LogP contribution is -2.40. The summed E-state index contributed by atoms with van der Waals surface area (Å²) in [7, 11) is 1.63. The van der Waals surface area contributed by atoms with Crippen LogP contribution in [0.15, 0.2) is 18.2 Å². The third kappa shape index (κ3) is 5.53. The van der Waals surface area contributed by atoms with Crippen LogP contribution in [0.3, 0.4) is 0 Å². The first-order chi connectivity index (χ1) is 9.06. The average Bonchev–Trinajstić information content (AvgIpc) is 2.41. The van der Waals surface area contributed by atoms with E-state index in [1.54, 1.807) is 18.9 Å². The molecule has 106 valence electrons. The zero-order valence-electron chi connectivity index (χ0n) is 11.7. The molecule has 0 aliphatic rings. The number of carbonyl (C=O) groups is 1. The van der Waals surface area contributed by atoms with Gasteiger partial charge in [-0.25, -0.2) is 0 Å². The van der Waals surface area contributed by atoms with Crippen molar-refractivity contribution in [1.29, 1.82) is 0 Å². The van der Waals surface area contributed by atoms with Crippen molar-refractivity contribution < 1.29 is 9.53 Å². The largest absolute Gasteiger partial charge is 0.497 e. The third-order valence-electron chi connectivity index (χ3n) is 2.78. The SMILES string of the molecule is COc1cc(C)cc(CNC(=O)C(N)CCSC)c1. The van der Waals surface area contributed by atoms with Gasteiger partial charge in [-0.2, -0.15) is 11.8 Å². The van der Waals surface area contributed by atoms with Crippen LogP contribution in [0.25, 0.3) is 0 Å². The lowest BCUT2D eigenvalue weighted by Gasteiger charge is -2.12. The van der Waals surface area contributed by atoms with Crippen LogP contribution in [0.1, 0.15) is 17.5 Å². The number of rotatable bonds is 7. The smallest absolute Gasteiger partial charge is 0.237 e. The van der Waals surface area contributed by atoms with Gasteiger partial charge in [-0.05, 0) is 48.6 Å². The molecule has 1 aromatic rings. The third-order valence-corrected chi connectivity index (χ3v) is 3.43. The fraction of sp³-hybridized carbons (Fsp3) is 0.500. The first-order valence-corrected chi connectivity index (χ1v) is 7.63. The van der Waals surface area contributed by atoms with E-state index in [4.69, 9.17) is 10.5 Å². The van der Waals surface area contributed by atoms with Crippen molar-refractivity contribution in [2.24, 2.45) is 5.73 Å². The zero-order valence-corrected chi connectivity index (χ0v) is 12.5. The molecule has 0 fully saturated rings. The number of aryl methyl sites for hydroxylation is 1. The van der Waals surface area contributed by atoms with Crippen LogP contribution < -0.4 is 15.8 Å². The molecule has 0 radical (unpaired) electrons. The zero-order chi connectivity index (χ0) is 14.3. The normalized spacial score (nSPS) is 12.0. The Labute approximate surface area is 119 Å². The molecule has 19 heavy (non-hydrogen) atoms. The van der Waals surface area contributed by atoms with Crippen LogP contribution in [0.2, 0.25) is 0 Å². The van der Waals surface area contributed by atoms with Crippen molar-refractivity contribution in [3.8, 4) is 5.75 Å². The quantitative estimate of drug-likeness (QED) is 0.799. The Kier molecular flexibility index (Phi) is 6.73. The van der Waals surface area contributed by atoms with Crippen LogP contribution in [-0.4, -0.2) is 31.1 Å². The monoisotopic (exact) mass is 282 g/mol. The lowest BCUT2D eigenvalue weighted by atomic mass is 10.1. The second-order valence-corrected chi connectivity index (χ2v) is 5.45. The first-order valence-electron chi connectivity index (χ1n) is 6.23. The molecule has 1 aromatic carbocycles. The summed E-state index contributed by atoms with van der Waals surface area (Å²) in [5.41, 5.74) is 7.93. The van der Waals surface area contributed by atoms with Crippen LogP contribution >= 0.6 is 11.8 Å². The molecule has 0 spiro atoms. The minimum absolute atomic E-state index is 0.102. The fourth-order valence-electron chi connectivity index (χ4n) is 1.74. The molecule has 3 N–H and O–H groups in total. The number of hydrogen-bond donors (Lipinski definition) is 2. The van der Waals surface area contributed by atoms with Crippen molar-refractivity contribution in [3.63, 3.8) is 0 Å². The average molecular weight is 282 g/mol. The van der Waals surface area contributed by atoms with E-state index in [0.29, 0.717) is 13.0 Å². The highest BCUT2D eigenvalue weighted by atomic mass is 32.2. The predicted molar refractivity (Wildman–Crippen MR) is 80.6 cm³/mol. The number of amides is 1. The number of nitrogens with two attached hydrogens (primary N) is 1. The first kappa shape index (κ1) is 15.9. The molecule has 0 aliphatic carbocycles. The Morgan fingerprint density at radius 1 is 1.47 bits per heavy atom. The Hall–Kier alpha value is -1.20. The molecule has 1 atom stereocenters. The van der Waals surface area contributed by atoms with E-state index in [2.05, 4.69) is 5.32 Å². The minimum Gasteiger partial charge on any atom is -0.497 e. The van der Waals surface area contributed by atoms with E-state index >= 15 is 0 Å². The van der Waals surface area contributed by atoms with Crippen molar-refractivity contribution in [1.82, 2.24) is 5.32 Å². The van der Waals surface area contributed by atoms with Crippen molar-refractivity contribution in [2.45, 2.75) is 25.9 Å².